The number of allylic oxidation sites excluding steroid dienone is 1. The topological polar surface area (TPSA) is 83.8 Å². The molecule has 5 heteroatoms. The molecule has 180 valence electrons. The Morgan fingerprint density at radius 2 is 1.84 bits per heavy atom. The van der Waals surface area contributed by atoms with Crippen molar-refractivity contribution in [3.05, 3.63) is 11.6 Å². The number of carbonyl (C=O) groups excluding carboxylic acids is 2. The molecule has 0 aromatic rings. The Morgan fingerprint density at radius 3 is 2.50 bits per heavy atom. The molecule has 8 atom stereocenters. The molecule has 0 unspecified atom stereocenters. The van der Waals surface area contributed by atoms with E-state index in [2.05, 4.69) is 27.7 Å². The number of aliphatic hydroxyl groups is 2. The minimum Gasteiger partial charge on any atom is -0.462 e. The summed E-state index contributed by atoms with van der Waals surface area (Å²) in [5.41, 5.74) is -0.592. The third-order valence-electron chi connectivity index (χ3n) is 10.0. The van der Waals surface area contributed by atoms with E-state index in [1.807, 2.05) is 0 Å². The number of esters is 1. The molecule has 0 aliphatic heterocycles. The molecule has 4 aliphatic carbocycles. The first-order chi connectivity index (χ1) is 14.7. The minimum absolute atomic E-state index is 0.0171. The number of aliphatic hydroxyl groups excluding tert-OH is 1. The Morgan fingerprint density at radius 1 is 1.16 bits per heavy atom. The lowest BCUT2D eigenvalue weighted by molar-refractivity contribution is -0.236. The van der Waals surface area contributed by atoms with Gasteiger partial charge in [0.2, 0.25) is 0 Å². The van der Waals surface area contributed by atoms with E-state index < -0.39 is 17.6 Å². The normalized spacial score (nSPS) is 48.3. The van der Waals surface area contributed by atoms with Crippen molar-refractivity contribution in [2.24, 2.45) is 34.0 Å². The summed E-state index contributed by atoms with van der Waals surface area (Å²) >= 11 is 0. The number of Topliss-reactive ketones (excluding diaryl/α,β-unsaturated/α-hetero) is 1. The Bertz CT molecular complexity index is 830. The van der Waals surface area contributed by atoms with Gasteiger partial charge in [0.25, 0.3) is 0 Å². The maximum absolute atomic E-state index is 12.4. The van der Waals surface area contributed by atoms with Gasteiger partial charge in [-0.15, -0.1) is 0 Å². The van der Waals surface area contributed by atoms with Crippen molar-refractivity contribution >= 4 is 11.8 Å². The molecule has 0 saturated heterocycles. The Kier molecular flexibility index (Phi) is 5.73. The maximum atomic E-state index is 12.4. The molecule has 0 heterocycles. The van der Waals surface area contributed by atoms with E-state index in [9.17, 15) is 19.8 Å². The third kappa shape index (κ3) is 3.68. The Balaban J connectivity index is 1.70. The van der Waals surface area contributed by atoms with Crippen LogP contribution in [0.3, 0.4) is 0 Å². The highest BCUT2D eigenvalue weighted by molar-refractivity contribution is 5.96. The molecule has 0 aromatic carbocycles. The number of rotatable bonds is 2. The van der Waals surface area contributed by atoms with E-state index in [1.165, 1.54) is 13.3 Å². The fourth-order valence-electron chi connectivity index (χ4n) is 9.11. The van der Waals surface area contributed by atoms with Gasteiger partial charge in [0.1, 0.15) is 6.10 Å². The summed E-state index contributed by atoms with van der Waals surface area (Å²) in [6.45, 7) is 12.5. The lowest BCUT2D eigenvalue weighted by Crippen LogP contribution is -2.65. The largest absolute Gasteiger partial charge is 0.462 e. The molecule has 4 rings (SSSR count). The van der Waals surface area contributed by atoms with Crippen LogP contribution in [0.1, 0.15) is 92.9 Å². The fraction of sp³-hybridized carbons (Fsp3) is 0.852. The van der Waals surface area contributed by atoms with Gasteiger partial charge in [-0.2, -0.15) is 0 Å². The molecule has 0 amide bonds. The van der Waals surface area contributed by atoms with Crippen molar-refractivity contribution < 1.29 is 24.5 Å². The van der Waals surface area contributed by atoms with Crippen LogP contribution in [0.4, 0.5) is 0 Å². The first-order valence-corrected chi connectivity index (χ1v) is 12.5. The zero-order valence-electron chi connectivity index (χ0n) is 20.7. The highest BCUT2D eigenvalue weighted by atomic mass is 16.5. The number of fused-ring (bicyclic) bond motifs is 3. The average molecular weight is 447 g/mol. The summed E-state index contributed by atoms with van der Waals surface area (Å²) in [6.07, 6.45) is 7.02. The van der Waals surface area contributed by atoms with Crippen LogP contribution in [0.5, 0.6) is 0 Å². The van der Waals surface area contributed by atoms with Gasteiger partial charge >= 0.3 is 5.97 Å². The lowest BCUT2D eigenvalue weighted by Gasteiger charge is -2.67. The molecule has 0 aromatic heterocycles. The highest BCUT2D eigenvalue weighted by Gasteiger charge is 2.66. The standard InChI is InChI=1S/C27H42O5/c1-16-12-20(30)18(13-19(16)29)27(31)11-8-22-25(5,15-27)14-21(32-17(2)28)23-24(3,4)9-7-10-26(22,23)6/h12,18,20-23,30-31H,7-11,13-15H2,1-6H3/t18-,20+,21+,22-,23+,25-,26+,27+/m0/s1. The zero-order valence-corrected chi connectivity index (χ0v) is 20.7. The Labute approximate surface area is 193 Å². The summed E-state index contributed by atoms with van der Waals surface area (Å²) in [5.74, 6) is 0.0194. The third-order valence-corrected chi connectivity index (χ3v) is 10.0. The quantitative estimate of drug-likeness (QED) is 0.606. The molecule has 0 radical (unpaired) electrons. The number of hydrogen-bond donors (Lipinski definition) is 2. The van der Waals surface area contributed by atoms with E-state index in [0.29, 0.717) is 30.3 Å². The van der Waals surface area contributed by atoms with Gasteiger partial charge in [-0.3, -0.25) is 9.59 Å². The predicted molar refractivity (Wildman–Crippen MR) is 123 cm³/mol. The van der Waals surface area contributed by atoms with E-state index in [1.54, 1.807) is 13.0 Å². The van der Waals surface area contributed by atoms with Crippen LogP contribution in [0, 0.1) is 34.0 Å². The van der Waals surface area contributed by atoms with Gasteiger partial charge in [-0.05, 0) is 79.3 Å². The van der Waals surface area contributed by atoms with Crippen molar-refractivity contribution in [3.63, 3.8) is 0 Å². The molecule has 32 heavy (non-hydrogen) atoms. The van der Waals surface area contributed by atoms with Crippen LogP contribution in [0.15, 0.2) is 11.6 Å². The molecular weight excluding hydrogens is 404 g/mol. The second-order valence-corrected chi connectivity index (χ2v) is 12.8. The molecule has 5 nitrogen and oxygen atoms in total. The second-order valence-electron chi connectivity index (χ2n) is 12.8. The summed E-state index contributed by atoms with van der Waals surface area (Å²) in [5, 5.41) is 22.7. The molecule has 3 fully saturated rings. The van der Waals surface area contributed by atoms with Crippen molar-refractivity contribution in [1.29, 1.82) is 0 Å². The number of ether oxygens (including phenoxy) is 1. The SMILES string of the molecule is CC(=O)O[C@@H]1C[C@@]2(C)C[C@@](O)([C@H]3CC(=O)C(C)=C[C@H]3O)CC[C@@H]2[C@@]2(C)CCCC(C)(C)[C@@H]12. The van der Waals surface area contributed by atoms with Crippen LogP contribution in [-0.2, 0) is 14.3 Å². The molecule has 2 N–H and O–H groups in total. The van der Waals surface area contributed by atoms with Gasteiger partial charge in [-0.25, -0.2) is 0 Å². The smallest absolute Gasteiger partial charge is 0.302 e. The maximum Gasteiger partial charge on any atom is 0.302 e. The second kappa shape index (κ2) is 7.66. The molecular formula is C27H42O5. The minimum atomic E-state index is -1.09. The first kappa shape index (κ1) is 23.9. The monoisotopic (exact) mass is 446 g/mol. The molecule has 0 bridgehead atoms. The van der Waals surface area contributed by atoms with Crippen molar-refractivity contribution in [3.8, 4) is 0 Å². The van der Waals surface area contributed by atoms with E-state index in [4.69, 9.17) is 4.74 Å². The predicted octanol–water partition coefficient (Wildman–Crippen LogP) is 4.59. The van der Waals surface area contributed by atoms with Gasteiger partial charge in [0, 0.05) is 25.2 Å². The summed E-state index contributed by atoms with van der Waals surface area (Å²) in [4.78, 5) is 24.5. The molecule has 0 spiro atoms. The average Bonchev–Trinajstić information content (AvgIpc) is 2.62. The fourth-order valence-corrected chi connectivity index (χ4v) is 9.11. The zero-order chi connectivity index (χ0) is 23.7. The van der Waals surface area contributed by atoms with E-state index >= 15 is 0 Å². The summed E-state index contributed by atoms with van der Waals surface area (Å²) < 4.78 is 6.01. The Hall–Kier alpha value is -1.20. The lowest BCUT2D eigenvalue weighted by atomic mass is 9.39. The van der Waals surface area contributed by atoms with Gasteiger partial charge in [-0.1, -0.05) is 34.1 Å². The molecule has 3 saturated carbocycles. The number of carbonyl (C=O) groups is 2. The molecule has 4 aliphatic rings. The van der Waals surface area contributed by atoms with Crippen LogP contribution < -0.4 is 0 Å². The highest BCUT2D eigenvalue weighted by Crippen LogP contribution is 2.69. The van der Waals surface area contributed by atoms with Crippen molar-refractivity contribution in [1.82, 2.24) is 0 Å². The number of hydrogen-bond acceptors (Lipinski definition) is 5. The van der Waals surface area contributed by atoms with Crippen LogP contribution in [0.25, 0.3) is 0 Å². The van der Waals surface area contributed by atoms with E-state index in [0.717, 1.165) is 25.7 Å². The van der Waals surface area contributed by atoms with Crippen LogP contribution in [0.2, 0.25) is 0 Å². The van der Waals surface area contributed by atoms with Crippen LogP contribution in [-0.4, -0.2) is 39.8 Å². The summed E-state index contributed by atoms with van der Waals surface area (Å²) in [7, 11) is 0. The van der Waals surface area contributed by atoms with Gasteiger partial charge in [0.15, 0.2) is 5.78 Å². The number of ketones is 1. The summed E-state index contributed by atoms with van der Waals surface area (Å²) in [6, 6.07) is 0. The van der Waals surface area contributed by atoms with Gasteiger partial charge in [0.05, 0.1) is 11.7 Å². The van der Waals surface area contributed by atoms with Crippen LogP contribution >= 0.6 is 0 Å². The van der Waals surface area contributed by atoms with Crippen molar-refractivity contribution in [2.75, 3.05) is 0 Å². The van der Waals surface area contributed by atoms with Crippen molar-refractivity contribution in [2.45, 2.75) is 111 Å². The first-order valence-electron chi connectivity index (χ1n) is 12.5. The van der Waals surface area contributed by atoms with Gasteiger partial charge < -0.3 is 14.9 Å². The van der Waals surface area contributed by atoms with E-state index in [-0.39, 0.29) is 40.5 Å².